The van der Waals surface area contributed by atoms with Crippen LogP contribution in [0.4, 0.5) is 0 Å². The normalized spacial score (nSPS) is 24.8. The Morgan fingerprint density at radius 2 is 1.38 bits per heavy atom. The van der Waals surface area contributed by atoms with E-state index in [0.29, 0.717) is 0 Å². The van der Waals surface area contributed by atoms with E-state index in [9.17, 15) is 0 Å². The molecule has 0 amide bonds. The van der Waals surface area contributed by atoms with Crippen LogP contribution in [0.3, 0.4) is 0 Å². The smallest absolute Gasteiger partial charge is 0.0256 e. The van der Waals surface area contributed by atoms with Crippen molar-refractivity contribution in [3.8, 4) is 0 Å². The quantitative estimate of drug-likeness (QED) is 0.544. The van der Waals surface area contributed by atoms with Gasteiger partial charge in [0.15, 0.2) is 0 Å². The Kier molecular flexibility index (Phi) is 5.31. The molecule has 0 heterocycles. The Labute approximate surface area is 100 Å². The van der Waals surface area contributed by atoms with E-state index < -0.39 is 0 Å². The highest BCUT2D eigenvalue weighted by atomic mass is 14.3. The van der Waals surface area contributed by atoms with Crippen molar-refractivity contribution in [2.75, 3.05) is 0 Å². The summed E-state index contributed by atoms with van der Waals surface area (Å²) in [6, 6.07) is 0. The van der Waals surface area contributed by atoms with Gasteiger partial charge in [0.2, 0.25) is 0 Å². The SMILES string of the molecule is C=CC(=C)CC1CCCC(CC(=C)C=C)C1. The summed E-state index contributed by atoms with van der Waals surface area (Å²) in [5.74, 6) is 1.61. The fraction of sp³-hybridized carbons (Fsp3) is 0.500. The predicted molar refractivity (Wildman–Crippen MR) is 73.4 cm³/mol. The molecule has 0 radical (unpaired) electrons. The molecule has 0 spiro atoms. The third-order valence-electron chi connectivity index (χ3n) is 3.57. The maximum Gasteiger partial charge on any atom is -0.0256 e. The van der Waals surface area contributed by atoms with Gasteiger partial charge in [0.25, 0.3) is 0 Å². The first-order valence-electron chi connectivity index (χ1n) is 6.26. The van der Waals surface area contributed by atoms with Crippen LogP contribution in [0.5, 0.6) is 0 Å². The van der Waals surface area contributed by atoms with Gasteiger partial charge >= 0.3 is 0 Å². The van der Waals surface area contributed by atoms with Gasteiger partial charge in [0.1, 0.15) is 0 Å². The summed E-state index contributed by atoms with van der Waals surface area (Å²) in [6.45, 7) is 15.6. The lowest BCUT2D eigenvalue weighted by atomic mass is 9.76. The predicted octanol–water partition coefficient (Wildman–Crippen LogP) is 5.06. The molecular weight excluding hydrogens is 192 g/mol. The van der Waals surface area contributed by atoms with Crippen molar-refractivity contribution in [2.45, 2.75) is 38.5 Å². The lowest BCUT2D eigenvalue weighted by Gasteiger charge is -2.29. The van der Waals surface area contributed by atoms with Crippen molar-refractivity contribution in [1.29, 1.82) is 0 Å². The summed E-state index contributed by atoms with van der Waals surface area (Å²) >= 11 is 0. The average Bonchev–Trinajstić information content (AvgIpc) is 2.29. The van der Waals surface area contributed by atoms with Gasteiger partial charge in [-0.15, -0.1) is 0 Å². The highest BCUT2D eigenvalue weighted by Gasteiger charge is 2.22. The van der Waals surface area contributed by atoms with Crippen molar-refractivity contribution in [1.82, 2.24) is 0 Å². The summed E-state index contributed by atoms with van der Waals surface area (Å²) in [5.41, 5.74) is 2.38. The lowest BCUT2D eigenvalue weighted by Crippen LogP contribution is -2.16. The molecule has 88 valence electrons. The van der Waals surface area contributed by atoms with E-state index in [1.165, 1.54) is 36.8 Å². The molecule has 1 fully saturated rings. The Hall–Kier alpha value is -1.04. The van der Waals surface area contributed by atoms with Gasteiger partial charge in [0, 0.05) is 0 Å². The Bertz CT molecular complexity index is 254. The molecule has 0 bridgehead atoms. The third kappa shape index (κ3) is 4.22. The molecule has 1 aliphatic carbocycles. The minimum absolute atomic E-state index is 0.807. The Balaban J connectivity index is 2.40. The molecule has 0 aliphatic heterocycles. The molecule has 1 rings (SSSR count). The average molecular weight is 216 g/mol. The van der Waals surface area contributed by atoms with Crippen LogP contribution in [0.25, 0.3) is 0 Å². The molecular formula is C16H24. The molecule has 2 unspecified atom stereocenters. The van der Waals surface area contributed by atoms with E-state index in [1.54, 1.807) is 0 Å². The van der Waals surface area contributed by atoms with Crippen molar-refractivity contribution in [3.63, 3.8) is 0 Å². The van der Waals surface area contributed by atoms with E-state index in [0.717, 1.165) is 24.7 Å². The number of hydrogen-bond acceptors (Lipinski definition) is 0. The van der Waals surface area contributed by atoms with Gasteiger partial charge in [-0.05, 0) is 31.1 Å². The first-order chi connectivity index (χ1) is 7.65. The van der Waals surface area contributed by atoms with Crippen LogP contribution in [-0.4, -0.2) is 0 Å². The zero-order valence-corrected chi connectivity index (χ0v) is 10.4. The van der Waals surface area contributed by atoms with Crippen molar-refractivity contribution < 1.29 is 0 Å². The zero-order valence-electron chi connectivity index (χ0n) is 10.4. The fourth-order valence-electron chi connectivity index (χ4n) is 2.68. The van der Waals surface area contributed by atoms with E-state index in [-0.39, 0.29) is 0 Å². The summed E-state index contributed by atoms with van der Waals surface area (Å²) in [7, 11) is 0. The van der Waals surface area contributed by atoms with Crippen molar-refractivity contribution in [2.24, 2.45) is 11.8 Å². The van der Waals surface area contributed by atoms with Crippen LogP contribution in [0, 0.1) is 11.8 Å². The maximum atomic E-state index is 4.02. The molecule has 0 aromatic carbocycles. The summed E-state index contributed by atoms with van der Waals surface area (Å²) < 4.78 is 0. The van der Waals surface area contributed by atoms with Crippen LogP contribution < -0.4 is 0 Å². The van der Waals surface area contributed by atoms with Gasteiger partial charge in [0.05, 0.1) is 0 Å². The summed E-state index contributed by atoms with van der Waals surface area (Å²) in [5, 5.41) is 0. The first kappa shape index (κ1) is 13.0. The third-order valence-corrected chi connectivity index (χ3v) is 3.57. The molecule has 0 N–H and O–H groups in total. The lowest BCUT2D eigenvalue weighted by molar-refractivity contribution is 0.265. The van der Waals surface area contributed by atoms with Gasteiger partial charge in [-0.3, -0.25) is 0 Å². The van der Waals surface area contributed by atoms with Crippen LogP contribution in [-0.2, 0) is 0 Å². The minimum Gasteiger partial charge on any atom is -0.0988 e. The van der Waals surface area contributed by atoms with Crippen LogP contribution in [0.2, 0.25) is 0 Å². The Morgan fingerprint density at radius 1 is 0.938 bits per heavy atom. The monoisotopic (exact) mass is 216 g/mol. The summed E-state index contributed by atoms with van der Waals surface area (Å²) in [6.07, 6.45) is 11.4. The number of allylic oxidation sites excluding steroid dienone is 4. The van der Waals surface area contributed by atoms with Gasteiger partial charge in [-0.1, -0.05) is 68.9 Å². The van der Waals surface area contributed by atoms with Gasteiger partial charge in [-0.2, -0.15) is 0 Å². The minimum atomic E-state index is 0.807. The first-order valence-corrected chi connectivity index (χ1v) is 6.26. The van der Waals surface area contributed by atoms with Crippen LogP contribution in [0.1, 0.15) is 38.5 Å². The molecule has 1 saturated carbocycles. The molecule has 0 heteroatoms. The topological polar surface area (TPSA) is 0 Å². The fourth-order valence-corrected chi connectivity index (χ4v) is 2.68. The van der Waals surface area contributed by atoms with Crippen molar-refractivity contribution in [3.05, 3.63) is 49.6 Å². The number of hydrogen-bond donors (Lipinski definition) is 0. The second-order valence-corrected chi connectivity index (χ2v) is 5.03. The highest BCUT2D eigenvalue weighted by molar-refractivity contribution is 5.13. The Morgan fingerprint density at radius 3 is 1.75 bits per heavy atom. The molecule has 1 aliphatic rings. The van der Waals surface area contributed by atoms with Crippen LogP contribution >= 0.6 is 0 Å². The van der Waals surface area contributed by atoms with E-state index in [4.69, 9.17) is 0 Å². The van der Waals surface area contributed by atoms with E-state index in [2.05, 4.69) is 26.3 Å². The molecule has 0 aromatic heterocycles. The summed E-state index contributed by atoms with van der Waals surface area (Å²) in [4.78, 5) is 0. The maximum absolute atomic E-state index is 4.02. The second kappa shape index (κ2) is 6.52. The van der Waals surface area contributed by atoms with E-state index in [1.807, 2.05) is 12.2 Å². The van der Waals surface area contributed by atoms with Gasteiger partial charge in [-0.25, -0.2) is 0 Å². The largest absolute Gasteiger partial charge is 0.0988 e. The van der Waals surface area contributed by atoms with Crippen molar-refractivity contribution >= 4 is 0 Å². The standard InChI is InChI=1S/C16H24/c1-5-13(3)10-15-8-7-9-16(12-15)11-14(4)6-2/h5-6,15-16H,1-4,7-12H2. The van der Waals surface area contributed by atoms with E-state index >= 15 is 0 Å². The molecule has 0 nitrogen and oxygen atoms in total. The number of rotatable bonds is 6. The zero-order chi connectivity index (χ0) is 12.0. The molecule has 2 atom stereocenters. The van der Waals surface area contributed by atoms with Crippen LogP contribution in [0.15, 0.2) is 49.6 Å². The highest BCUT2D eigenvalue weighted by Crippen LogP contribution is 2.35. The molecule has 0 aromatic rings. The molecule has 0 saturated heterocycles. The second-order valence-electron chi connectivity index (χ2n) is 5.03. The molecule has 16 heavy (non-hydrogen) atoms. The van der Waals surface area contributed by atoms with Gasteiger partial charge < -0.3 is 0 Å².